The van der Waals surface area contributed by atoms with E-state index in [4.69, 9.17) is 20.6 Å². The molecule has 0 spiro atoms. The molecule has 2 rings (SSSR count). The highest BCUT2D eigenvalue weighted by atomic mass is 16.5. The second kappa shape index (κ2) is 5.61. The van der Waals surface area contributed by atoms with Crippen LogP contribution in [0.3, 0.4) is 0 Å². The standard InChI is InChI=1S/C11H21N3O2/c12-11(13)10-8-14(3-6-16-10)7-9-1-4-15-5-2-9/h9-10H,1-8H2,(H3,12,13). The molecule has 1 atom stereocenters. The Hall–Kier alpha value is -0.650. The lowest BCUT2D eigenvalue weighted by Crippen LogP contribution is -2.49. The van der Waals surface area contributed by atoms with Crippen LogP contribution in [0.1, 0.15) is 12.8 Å². The molecule has 2 saturated heterocycles. The molecule has 0 aromatic rings. The molecule has 2 aliphatic rings. The van der Waals surface area contributed by atoms with Gasteiger partial charge in [-0.05, 0) is 18.8 Å². The molecule has 5 nitrogen and oxygen atoms in total. The van der Waals surface area contributed by atoms with Gasteiger partial charge >= 0.3 is 0 Å². The lowest BCUT2D eigenvalue weighted by Gasteiger charge is -2.35. The second-order valence-corrected chi connectivity index (χ2v) is 4.63. The van der Waals surface area contributed by atoms with Crippen molar-refractivity contribution in [3.05, 3.63) is 0 Å². The Labute approximate surface area is 96.4 Å². The summed E-state index contributed by atoms with van der Waals surface area (Å²) in [6.07, 6.45) is 2.11. The number of morpholine rings is 1. The third kappa shape index (κ3) is 3.17. The van der Waals surface area contributed by atoms with Crippen molar-refractivity contribution in [3.63, 3.8) is 0 Å². The van der Waals surface area contributed by atoms with Gasteiger partial charge in [-0.3, -0.25) is 10.3 Å². The van der Waals surface area contributed by atoms with Gasteiger partial charge in [-0.25, -0.2) is 0 Å². The van der Waals surface area contributed by atoms with E-state index in [-0.39, 0.29) is 11.9 Å². The molecule has 0 bridgehead atoms. The lowest BCUT2D eigenvalue weighted by atomic mass is 9.99. The number of ether oxygens (including phenoxy) is 2. The van der Waals surface area contributed by atoms with Crippen molar-refractivity contribution < 1.29 is 9.47 Å². The van der Waals surface area contributed by atoms with Crippen molar-refractivity contribution in [2.24, 2.45) is 11.7 Å². The largest absolute Gasteiger partial charge is 0.385 e. The molecule has 0 aromatic heterocycles. The van der Waals surface area contributed by atoms with Crippen molar-refractivity contribution in [1.82, 2.24) is 4.90 Å². The monoisotopic (exact) mass is 227 g/mol. The normalized spacial score (nSPS) is 29.1. The van der Waals surface area contributed by atoms with E-state index in [1.54, 1.807) is 0 Å². The molecule has 0 radical (unpaired) electrons. The van der Waals surface area contributed by atoms with Gasteiger partial charge < -0.3 is 15.2 Å². The van der Waals surface area contributed by atoms with Crippen LogP contribution in [0.5, 0.6) is 0 Å². The fourth-order valence-electron chi connectivity index (χ4n) is 2.35. The van der Waals surface area contributed by atoms with Crippen molar-refractivity contribution in [1.29, 1.82) is 5.41 Å². The van der Waals surface area contributed by atoms with Gasteiger partial charge in [-0.2, -0.15) is 0 Å². The number of nitrogens with zero attached hydrogens (tertiary/aromatic N) is 1. The summed E-state index contributed by atoms with van der Waals surface area (Å²) in [7, 11) is 0. The fraction of sp³-hybridized carbons (Fsp3) is 0.909. The van der Waals surface area contributed by atoms with Crippen LogP contribution in [0, 0.1) is 11.3 Å². The number of amidine groups is 1. The average molecular weight is 227 g/mol. The molecule has 2 aliphatic heterocycles. The molecular formula is C11H21N3O2. The Morgan fingerprint density at radius 3 is 2.75 bits per heavy atom. The van der Waals surface area contributed by atoms with Crippen LogP contribution in [0.4, 0.5) is 0 Å². The highest BCUT2D eigenvalue weighted by molar-refractivity contribution is 5.82. The van der Waals surface area contributed by atoms with E-state index < -0.39 is 0 Å². The summed E-state index contributed by atoms with van der Waals surface area (Å²) < 4.78 is 10.8. The summed E-state index contributed by atoms with van der Waals surface area (Å²) in [4.78, 5) is 2.37. The minimum absolute atomic E-state index is 0.150. The Morgan fingerprint density at radius 2 is 2.06 bits per heavy atom. The molecule has 5 heteroatoms. The van der Waals surface area contributed by atoms with E-state index in [2.05, 4.69) is 4.90 Å². The molecule has 2 heterocycles. The number of hydrogen-bond acceptors (Lipinski definition) is 4. The van der Waals surface area contributed by atoms with Crippen LogP contribution in [-0.4, -0.2) is 56.3 Å². The van der Waals surface area contributed by atoms with Gasteiger partial charge in [-0.1, -0.05) is 0 Å². The van der Waals surface area contributed by atoms with Crippen molar-refractivity contribution in [2.45, 2.75) is 18.9 Å². The van der Waals surface area contributed by atoms with Crippen LogP contribution in [0.2, 0.25) is 0 Å². The van der Waals surface area contributed by atoms with Gasteiger partial charge in [0.15, 0.2) is 0 Å². The molecule has 1 unspecified atom stereocenters. The first kappa shape index (κ1) is 11.8. The molecule has 0 aliphatic carbocycles. The number of nitrogens with one attached hydrogen (secondary N) is 1. The van der Waals surface area contributed by atoms with Crippen molar-refractivity contribution in [2.75, 3.05) is 39.5 Å². The van der Waals surface area contributed by atoms with E-state index in [0.29, 0.717) is 6.61 Å². The van der Waals surface area contributed by atoms with Gasteiger partial charge in [0.25, 0.3) is 0 Å². The van der Waals surface area contributed by atoms with Crippen LogP contribution >= 0.6 is 0 Å². The molecule has 0 amide bonds. The Morgan fingerprint density at radius 1 is 1.31 bits per heavy atom. The molecule has 0 aromatic carbocycles. The van der Waals surface area contributed by atoms with Gasteiger partial charge in [0.05, 0.1) is 6.61 Å². The minimum Gasteiger partial charge on any atom is -0.385 e. The molecule has 3 N–H and O–H groups in total. The molecule has 0 saturated carbocycles. The average Bonchev–Trinajstić information content (AvgIpc) is 2.30. The zero-order chi connectivity index (χ0) is 11.4. The summed E-state index contributed by atoms with van der Waals surface area (Å²) in [6.45, 7) is 5.30. The Bertz CT molecular complexity index is 241. The first-order valence-electron chi connectivity index (χ1n) is 6.01. The maximum atomic E-state index is 7.40. The van der Waals surface area contributed by atoms with Gasteiger partial charge in [-0.15, -0.1) is 0 Å². The predicted octanol–water partition coefficient (Wildman–Crippen LogP) is 0.0498. The molecule has 2 fully saturated rings. The van der Waals surface area contributed by atoms with E-state index in [1.807, 2.05) is 0 Å². The number of rotatable bonds is 3. The van der Waals surface area contributed by atoms with Gasteiger partial charge in [0, 0.05) is 32.8 Å². The van der Waals surface area contributed by atoms with E-state index in [0.717, 1.165) is 51.6 Å². The van der Waals surface area contributed by atoms with Crippen LogP contribution < -0.4 is 5.73 Å². The fourth-order valence-corrected chi connectivity index (χ4v) is 2.35. The van der Waals surface area contributed by atoms with Crippen molar-refractivity contribution in [3.8, 4) is 0 Å². The zero-order valence-corrected chi connectivity index (χ0v) is 9.65. The second-order valence-electron chi connectivity index (χ2n) is 4.63. The molecule has 92 valence electrons. The minimum atomic E-state index is -0.200. The maximum absolute atomic E-state index is 7.40. The highest BCUT2D eigenvalue weighted by Crippen LogP contribution is 2.17. The Kier molecular flexibility index (Phi) is 4.15. The topological polar surface area (TPSA) is 71.6 Å². The quantitative estimate of drug-likeness (QED) is 0.528. The van der Waals surface area contributed by atoms with E-state index in [1.165, 1.54) is 0 Å². The summed E-state index contributed by atoms with van der Waals surface area (Å²) >= 11 is 0. The van der Waals surface area contributed by atoms with E-state index in [9.17, 15) is 0 Å². The SMILES string of the molecule is N=C(N)C1CN(CC2CCOCC2)CCO1. The zero-order valence-electron chi connectivity index (χ0n) is 9.65. The molecular weight excluding hydrogens is 206 g/mol. The summed E-state index contributed by atoms with van der Waals surface area (Å²) in [5, 5.41) is 7.40. The number of nitrogens with two attached hydrogens (primary N) is 1. The van der Waals surface area contributed by atoms with Gasteiger partial charge in [0.2, 0.25) is 0 Å². The summed E-state index contributed by atoms with van der Waals surface area (Å²) in [5.74, 6) is 0.885. The first-order chi connectivity index (χ1) is 7.75. The van der Waals surface area contributed by atoms with Crippen molar-refractivity contribution >= 4 is 5.84 Å². The van der Waals surface area contributed by atoms with Crippen LogP contribution in [0.15, 0.2) is 0 Å². The number of hydrogen-bond donors (Lipinski definition) is 2. The summed E-state index contributed by atoms with van der Waals surface area (Å²) in [6, 6.07) is 0. The highest BCUT2D eigenvalue weighted by Gasteiger charge is 2.25. The third-order valence-electron chi connectivity index (χ3n) is 3.35. The van der Waals surface area contributed by atoms with Crippen LogP contribution in [-0.2, 0) is 9.47 Å². The smallest absolute Gasteiger partial charge is 0.127 e. The first-order valence-corrected chi connectivity index (χ1v) is 6.01. The maximum Gasteiger partial charge on any atom is 0.127 e. The molecule has 16 heavy (non-hydrogen) atoms. The van der Waals surface area contributed by atoms with Gasteiger partial charge in [0.1, 0.15) is 11.9 Å². The van der Waals surface area contributed by atoms with E-state index >= 15 is 0 Å². The predicted molar refractivity (Wildman–Crippen MR) is 61.6 cm³/mol. The van der Waals surface area contributed by atoms with Crippen LogP contribution in [0.25, 0.3) is 0 Å². The Balaban J connectivity index is 1.78. The third-order valence-corrected chi connectivity index (χ3v) is 3.35. The lowest BCUT2D eigenvalue weighted by molar-refractivity contribution is -0.0118. The summed E-state index contributed by atoms with van der Waals surface area (Å²) in [5.41, 5.74) is 5.47.